The number of hydrogen-bond donors (Lipinski definition) is 2. The number of rotatable bonds is 8. The Morgan fingerprint density at radius 3 is 2.47 bits per heavy atom. The van der Waals surface area contributed by atoms with Crippen molar-refractivity contribution >= 4 is 0 Å². The van der Waals surface area contributed by atoms with Gasteiger partial charge in [0.2, 0.25) is 0 Å². The van der Waals surface area contributed by atoms with E-state index in [2.05, 4.69) is 38.0 Å². The van der Waals surface area contributed by atoms with E-state index in [0.29, 0.717) is 24.5 Å². The van der Waals surface area contributed by atoms with Crippen molar-refractivity contribution in [2.75, 3.05) is 46.4 Å². The zero-order chi connectivity index (χ0) is 14.3. The molecule has 0 amide bonds. The predicted molar refractivity (Wildman–Crippen MR) is 79.4 cm³/mol. The molecule has 0 aromatic heterocycles. The van der Waals surface area contributed by atoms with E-state index in [0.717, 1.165) is 13.2 Å². The summed E-state index contributed by atoms with van der Waals surface area (Å²) in [7, 11) is 2.18. The number of aliphatic hydroxyl groups is 1. The minimum absolute atomic E-state index is 0.380. The Morgan fingerprint density at radius 2 is 1.89 bits per heavy atom. The van der Waals surface area contributed by atoms with Crippen LogP contribution < -0.4 is 5.32 Å². The topological polar surface area (TPSA) is 44.7 Å². The minimum Gasteiger partial charge on any atom is -0.389 e. The average molecular weight is 272 g/mol. The Hall–Kier alpha value is -0.160. The number of piperidine rings is 1. The number of nitrogens with one attached hydrogen (secondary N) is 1. The summed E-state index contributed by atoms with van der Waals surface area (Å²) in [6.45, 7) is 11.7. The highest BCUT2D eigenvalue weighted by Crippen LogP contribution is 2.29. The van der Waals surface area contributed by atoms with Crippen molar-refractivity contribution in [1.82, 2.24) is 10.2 Å². The molecule has 1 fully saturated rings. The summed E-state index contributed by atoms with van der Waals surface area (Å²) in [5.74, 6) is 0.526. The first-order valence-electron chi connectivity index (χ1n) is 7.56. The van der Waals surface area contributed by atoms with Gasteiger partial charge in [0.25, 0.3) is 0 Å². The third-order valence-electron chi connectivity index (χ3n) is 3.89. The van der Waals surface area contributed by atoms with Gasteiger partial charge in [-0.05, 0) is 44.3 Å². The van der Waals surface area contributed by atoms with Crippen molar-refractivity contribution in [3.63, 3.8) is 0 Å². The average Bonchev–Trinajstić information content (AvgIpc) is 2.33. The molecule has 19 heavy (non-hydrogen) atoms. The van der Waals surface area contributed by atoms with Crippen LogP contribution in [-0.2, 0) is 4.74 Å². The van der Waals surface area contributed by atoms with Crippen LogP contribution in [0, 0.1) is 11.3 Å². The smallest absolute Gasteiger partial charge is 0.0897 e. The third-order valence-corrected chi connectivity index (χ3v) is 3.89. The van der Waals surface area contributed by atoms with Crippen LogP contribution in [0.2, 0.25) is 0 Å². The van der Waals surface area contributed by atoms with Crippen molar-refractivity contribution < 1.29 is 9.84 Å². The van der Waals surface area contributed by atoms with Crippen LogP contribution in [0.3, 0.4) is 0 Å². The highest BCUT2D eigenvalue weighted by Gasteiger charge is 2.28. The summed E-state index contributed by atoms with van der Waals surface area (Å²) in [6.07, 6.45) is 2.07. The number of ether oxygens (including phenoxy) is 1. The molecule has 1 aliphatic heterocycles. The van der Waals surface area contributed by atoms with Gasteiger partial charge < -0.3 is 20.1 Å². The van der Waals surface area contributed by atoms with E-state index < -0.39 is 6.10 Å². The summed E-state index contributed by atoms with van der Waals surface area (Å²) < 4.78 is 5.44. The second kappa shape index (κ2) is 8.20. The maximum absolute atomic E-state index is 9.82. The van der Waals surface area contributed by atoms with E-state index >= 15 is 0 Å². The van der Waals surface area contributed by atoms with Crippen LogP contribution in [0.1, 0.15) is 33.6 Å². The maximum Gasteiger partial charge on any atom is 0.0897 e. The lowest BCUT2D eigenvalue weighted by Crippen LogP contribution is -2.44. The fourth-order valence-corrected chi connectivity index (χ4v) is 2.37. The van der Waals surface area contributed by atoms with Crippen LogP contribution in [-0.4, -0.2) is 62.6 Å². The van der Waals surface area contributed by atoms with Crippen molar-refractivity contribution in [2.24, 2.45) is 11.3 Å². The van der Waals surface area contributed by atoms with Gasteiger partial charge in [-0.1, -0.05) is 20.8 Å². The summed E-state index contributed by atoms with van der Waals surface area (Å²) in [5, 5.41) is 13.2. The number of hydrogen-bond acceptors (Lipinski definition) is 4. The third kappa shape index (κ3) is 7.25. The van der Waals surface area contributed by atoms with Crippen LogP contribution in [0.15, 0.2) is 0 Å². The molecule has 1 unspecified atom stereocenters. The standard InChI is InChI=1S/C15H32N2O2/c1-13(2)10-19-11-14(18)9-16-12-15(3)5-7-17(4)8-6-15/h13-14,16,18H,5-12H2,1-4H3. The van der Waals surface area contributed by atoms with Crippen molar-refractivity contribution in [3.05, 3.63) is 0 Å². The SMILES string of the molecule is CC(C)COCC(O)CNCC1(C)CCN(C)CC1. The van der Waals surface area contributed by atoms with Gasteiger partial charge in [0.05, 0.1) is 12.7 Å². The molecule has 2 N–H and O–H groups in total. The molecule has 1 aliphatic rings. The fourth-order valence-electron chi connectivity index (χ4n) is 2.37. The molecule has 1 heterocycles. The molecule has 1 atom stereocenters. The number of aliphatic hydroxyl groups excluding tert-OH is 1. The Labute approximate surface area is 118 Å². The molecule has 114 valence electrons. The van der Waals surface area contributed by atoms with E-state index in [4.69, 9.17) is 4.74 Å². The highest BCUT2D eigenvalue weighted by molar-refractivity contribution is 4.83. The maximum atomic E-state index is 9.82. The lowest BCUT2D eigenvalue weighted by atomic mass is 9.80. The molecule has 0 radical (unpaired) electrons. The Bertz CT molecular complexity index is 238. The molecule has 1 saturated heterocycles. The van der Waals surface area contributed by atoms with Gasteiger partial charge in [-0.25, -0.2) is 0 Å². The summed E-state index contributed by atoms with van der Waals surface area (Å²) in [4.78, 5) is 2.39. The van der Waals surface area contributed by atoms with Gasteiger partial charge in [-0.2, -0.15) is 0 Å². The van der Waals surface area contributed by atoms with Crippen LogP contribution >= 0.6 is 0 Å². The van der Waals surface area contributed by atoms with Gasteiger partial charge in [0.1, 0.15) is 0 Å². The monoisotopic (exact) mass is 272 g/mol. The molecule has 0 saturated carbocycles. The summed E-state index contributed by atoms with van der Waals surface area (Å²) in [6, 6.07) is 0. The van der Waals surface area contributed by atoms with Gasteiger partial charge in [0, 0.05) is 19.7 Å². The van der Waals surface area contributed by atoms with Gasteiger partial charge in [-0.3, -0.25) is 0 Å². The van der Waals surface area contributed by atoms with E-state index in [1.54, 1.807) is 0 Å². The molecule has 0 aromatic carbocycles. The Morgan fingerprint density at radius 1 is 1.26 bits per heavy atom. The zero-order valence-electron chi connectivity index (χ0n) is 13.1. The van der Waals surface area contributed by atoms with Crippen LogP contribution in [0.5, 0.6) is 0 Å². The van der Waals surface area contributed by atoms with E-state index in [9.17, 15) is 5.11 Å². The molecular formula is C15H32N2O2. The summed E-state index contributed by atoms with van der Waals surface area (Å²) >= 11 is 0. The second-order valence-electron chi connectivity index (χ2n) is 6.83. The number of likely N-dealkylation sites (tertiary alicyclic amines) is 1. The second-order valence-corrected chi connectivity index (χ2v) is 6.83. The fraction of sp³-hybridized carbons (Fsp3) is 1.00. The molecule has 0 spiro atoms. The summed E-state index contributed by atoms with van der Waals surface area (Å²) in [5.41, 5.74) is 0.380. The quantitative estimate of drug-likeness (QED) is 0.700. The first-order chi connectivity index (χ1) is 8.91. The van der Waals surface area contributed by atoms with Crippen LogP contribution in [0.4, 0.5) is 0 Å². The van der Waals surface area contributed by atoms with Gasteiger partial charge >= 0.3 is 0 Å². The zero-order valence-corrected chi connectivity index (χ0v) is 13.1. The highest BCUT2D eigenvalue weighted by atomic mass is 16.5. The molecule has 1 rings (SSSR count). The van der Waals surface area contributed by atoms with Crippen molar-refractivity contribution in [3.8, 4) is 0 Å². The normalized spacial score (nSPS) is 21.8. The van der Waals surface area contributed by atoms with E-state index in [-0.39, 0.29) is 0 Å². The van der Waals surface area contributed by atoms with Crippen molar-refractivity contribution in [1.29, 1.82) is 0 Å². The number of nitrogens with zero attached hydrogens (tertiary/aromatic N) is 1. The molecule has 4 nitrogen and oxygen atoms in total. The first kappa shape index (κ1) is 16.9. The molecule has 4 heteroatoms. The molecule has 0 aliphatic carbocycles. The predicted octanol–water partition coefficient (Wildman–Crippen LogP) is 1.34. The lowest BCUT2D eigenvalue weighted by molar-refractivity contribution is 0.0240. The Balaban J connectivity index is 2.09. The van der Waals surface area contributed by atoms with E-state index in [1.165, 1.54) is 25.9 Å². The largest absolute Gasteiger partial charge is 0.389 e. The molecule has 0 aromatic rings. The molecule has 0 bridgehead atoms. The minimum atomic E-state index is -0.395. The first-order valence-corrected chi connectivity index (χ1v) is 7.56. The Kier molecular flexibility index (Phi) is 7.29. The van der Waals surface area contributed by atoms with Gasteiger partial charge in [0.15, 0.2) is 0 Å². The van der Waals surface area contributed by atoms with E-state index in [1.807, 2.05) is 0 Å². The van der Waals surface area contributed by atoms with Crippen molar-refractivity contribution in [2.45, 2.75) is 39.7 Å². The molecular weight excluding hydrogens is 240 g/mol. The lowest BCUT2D eigenvalue weighted by Gasteiger charge is -2.38. The van der Waals surface area contributed by atoms with Gasteiger partial charge in [-0.15, -0.1) is 0 Å². The van der Waals surface area contributed by atoms with Crippen LogP contribution in [0.25, 0.3) is 0 Å².